The molecule has 0 aliphatic carbocycles. The van der Waals surface area contributed by atoms with Crippen molar-refractivity contribution in [2.24, 2.45) is 5.10 Å². The van der Waals surface area contributed by atoms with Gasteiger partial charge in [0, 0.05) is 11.4 Å². The highest BCUT2D eigenvalue weighted by atomic mass is 16.2. The van der Waals surface area contributed by atoms with Gasteiger partial charge in [-0.3, -0.25) is 4.79 Å². The number of amides is 1. The molecule has 2 N–H and O–H groups in total. The van der Waals surface area contributed by atoms with E-state index < -0.39 is 0 Å². The van der Waals surface area contributed by atoms with Crippen LogP contribution < -0.4 is 10.7 Å². The maximum absolute atomic E-state index is 11.8. The van der Waals surface area contributed by atoms with Gasteiger partial charge < -0.3 is 5.73 Å². The highest BCUT2D eigenvalue weighted by Crippen LogP contribution is 2.26. The highest BCUT2D eigenvalue weighted by Gasteiger charge is 2.22. The first-order valence-corrected chi connectivity index (χ1v) is 6.46. The van der Waals surface area contributed by atoms with Crippen molar-refractivity contribution in [1.29, 1.82) is 0 Å². The Hall–Kier alpha value is -2.62. The van der Waals surface area contributed by atoms with Crippen molar-refractivity contribution in [3.05, 3.63) is 48.5 Å². The van der Waals surface area contributed by atoms with Crippen LogP contribution in [0, 0.1) is 0 Å². The van der Waals surface area contributed by atoms with E-state index in [1.807, 2.05) is 55.5 Å². The molecule has 0 saturated carbocycles. The van der Waals surface area contributed by atoms with E-state index in [9.17, 15) is 4.79 Å². The van der Waals surface area contributed by atoms with Gasteiger partial charge in [-0.2, -0.15) is 5.10 Å². The molecule has 0 radical (unpaired) electrons. The maximum Gasteiger partial charge on any atom is 0.253 e. The Morgan fingerprint density at radius 2 is 1.55 bits per heavy atom. The average molecular weight is 265 g/mol. The summed E-state index contributed by atoms with van der Waals surface area (Å²) in [5, 5.41) is 5.70. The lowest BCUT2D eigenvalue weighted by atomic mass is 10.1. The molecular weight excluding hydrogens is 250 g/mol. The fraction of sp³-hybridized carbons (Fsp3) is 0.125. The van der Waals surface area contributed by atoms with Gasteiger partial charge in [-0.15, -0.1) is 0 Å². The largest absolute Gasteiger partial charge is 0.399 e. The van der Waals surface area contributed by atoms with Crippen molar-refractivity contribution < 1.29 is 4.79 Å². The number of rotatable bonds is 2. The molecule has 0 fully saturated rings. The maximum atomic E-state index is 11.8. The van der Waals surface area contributed by atoms with Crippen LogP contribution >= 0.6 is 0 Å². The first kappa shape index (κ1) is 12.4. The predicted molar refractivity (Wildman–Crippen MR) is 81.5 cm³/mol. The van der Waals surface area contributed by atoms with E-state index in [-0.39, 0.29) is 5.91 Å². The Kier molecular flexibility index (Phi) is 2.99. The lowest BCUT2D eigenvalue weighted by Gasteiger charge is -2.12. The summed E-state index contributed by atoms with van der Waals surface area (Å²) in [7, 11) is 0. The molecule has 1 aliphatic rings. The van der Waals surface area contributed by atoms with E-state index in [0.717, 1.165) is 28.2 Å². The Bertz CT molecular complexity index is 672. The lowest BCUT2D eigenvalue weighted by molar-refractivity contribution is -0.116. The summed E-state index contributed by atoms with van der Waals surface area (Å²) in [5.41, 5.74) is 10.3. The Morgan fingerprint density at radius 1 is 1.00 bits per heavy atom. The van der Waals surface area contributed by atoms with E-state index in [0.29, 0.717) is 6.42 Å². The second-order valence-electron chi connectivity index (χ2n) is 4.89. The van der Waals surface area contributed by atoms with Crippen LogP contribution in [0.1, 0.15) is 13.3 Å². The van der Waals surface area contributed by atoms with Crippen molar-refractivity contribution in [2.75, 3.05) is 10.7 Å². The van der Waals surface area contributed by atoms with Gasteiger partial charge in [-0.25, -0.2) is 5.01 Å². The monoisotopic (exact) mass is 265 g/mol. The zero-order chi connectivity index (χ0) is 14.1. The van der Waals surface area contributed by atoms with E-state index in [1.165, 1.54) is 5.01 Å². The van der Waals surface area contributed by atoms with Crippen LogP contribution in [-0.2, 0) is 4.79 Å². The molecule has 1 aliphatic heterocycles. The van der Waals surface area contributed by atoms with Crippen molar-refractivity contribution in [2.45, 2.75) is 13.3 Å². The zero-order valence-corrected chi connectivity index (χ0v) is 11.2. The van der Waals surface area contributed by atoms with E-state index in [4.69, 9.17) is 5.73 Å². The summed E-state index contributed by atoms with van der Waals surface area (Å²) in [5.74, 6) is 0.0164. The van der Waals surface area contributed by atoms with Gasteiger partial charge in [-0.05, 0) is 42.3 Å². The molecule has 2 aromatic rings. The minimum Gasteiger partial charge on any atom is -0.399 e. The van der Waals surface area contributed by atoms with E-state index in [2.05, 4.69) is 5.10 Å². The molecular formula is C16H15N3O. The Balaban J connectivity index is 1.88. The number of anilines is 2. The molecule has 0 unspecified atom stereocenters. The van der Waals surface area contributed by atoms with Crippen molar-refractivity contribution in [3.63, 3.8) is 0 Å². The Morgan fingerprint density at radius 3 is 2.05 bits per heavy atom. The van der Waals surface area contributed by atoms with E-state index in [1.54, 1.807) is 0 Å². The highest BCUT2D eigenvalue weighted by molar-refractivity contribution is 6.12. The third-order valence-electron chi connectivity index (χ3n) is 3.27. The number of nitrogen functional groups attached to an aromatic ring is 1. The number of hydrogen-bond acceptors (Lipinski definition) is 3. The molecule has 4 heteroatoms. The molecule has 0 bridgehead atoms. The minimum atomic E-state index is 0.0164. The third-order valence-corrected chi connectivity index (χ3v) is 3.27. The fourth-order valence-corrected chi connectivity index (χ4v) is 2.23. The summed E-state index contributed by atoms with van der Waals surface area (Å²) in [6, 6.07) is 15.5. The summed E-state index contributed by atoms with van der Waals surface area (Å²) in [6.07, 6.45) is 0.402. The number of carbonyl (C=O) groups excluding carboxylic acids is 1. The van der Waals surface area contributed by atoms with Crippen LogP contribution in [-0.4, -0.2) is 11.6 Å². The zero-order valence-electron chi connectivity index (χ0n) is 11.2. The van der Waals surface area contributed by atoms with Gasteiger partial charge in [0.2, 0.25) is 0 Å². The molecule has 0 spiro atoms. The Labute approximate surface area is 117 Å². The molecule has 1 amide bonds. The molecule has 0 saturated heterocycles. The number of nitrogens with two attached hydrogens (primary N) is 1. The van der Waals surface area contributed by atoms with Gasteiger partial charge >= 0.3 is 0 Å². The van der Waals surface area contributed by atoms with Crippen LogP contribution in [0.3, 0.4) is 0 Å². The third kappa shape index (κ3) is 2.28. The molecule has 1 heterocycles. The quantitative estimate of drug-likeness (QED) is 0.848. The second-order valence-corrected chi connectivity index (χ2v) is 4.89. The number of benzene rings is 2. The number of hydrazone groups is 1. The van der Waals surface area contributed by atoms with Crippen molar-refractivity contribution in [1.82, 2.24) is 0 Å². The van der Waals surface area contributed by atoms with Crippen LogP contribution in [0.15, 0.2) is 53.6 Å². The molecule has 100 valence electrons. The van der Waals surface area contributed by atoms with Crippen molar-refractivity contribution in [3.8, 4) is 11.1 Å². The topological polar surface area (TPSA) is 58.7 Å². The summed E-state index contributed by atoms with van der Waals surface area (Å²) < 4.78 is 0. The first-order chi connectivity index (χ1) is 9.63. The molecule has 4 nitrogen and oxygen atoms in total. The lowest BCUT2D eigenvalue weighted by Crippen LogP contribution is -2.19. The van der Waals surface area contributed by atoms with E-state index >= 15 is 0 Å². The summed E-state index contributed by atoms with van der Waals surface area (Å²) >= 11 is 0. The van der Waals surface area contributed by atoms with Gasteiger partial charge in [-0.1, -0.05) is 24.3 Å². The van der Waals surface area contributed by atoms with Crippen LogP contribution in [0.2, 0.25) is 0 Å². The molecule has 2 aromatic carbocycles. The van der Waals surface area contributed by atoms with Crippen molar-refractivity contribution >= 4 is 23.0 Å². The minimum absolute atomic E-state index is 0.0164. The average Bonchev–Trinajstić information content (AvgIpc) is 2.79. The van der Waals surface area contributed by atoms with Gasteiger partial charge in [0.15, 0.2) is 0 Å². The van der Waals surface area contributed by atoms with Gasteiger partial charge in [0.05, 0.1) is 12.1 Å². The second kappa shape index (κ2) is 4.81. The van der Waals surface area contributed by atoms with Crippen LogP contribution in [0.5, 0.6) is 0 Å². The molecule has 0 aromatic heterocycles. The van der Waals surface area contributed by atoms with Gasteiger partial charge in [0.25, 0.3) is 5.91 Å². The number of nitrogens with zero attached hydrogens (tertiary/aromatic N) is 2. The number of hydrogen-bond donors (Lipinski definition) is 1. The molecule has 3 rings (SSSR count). The smallest absolute Gasteiger partial charge is 0.253 e. The summed E-state index contributed by atoms with van der Waals surface area (Å²) in [6.45, 7) is 1.86. The SMILES string of the molecule is CC1=NN(c2ccc(-c3ccc(N)cc3)cc2)C(=O)C1. The predicted octanol–water partition coefficient (Wildman–Crippen LogP) is 3.05. The fourth-order valence-electron chi connectivity index (χ4n) is 2.23. The summed E-state index contributed by atoms with van der Waals surface area (Å²) in [4.78, 5) is 11.8. The number of carbonyl (C=O) groups is 1. The first-order valence-electron chi connectivity index (χ1n) is 6.46. The standard InChI is InChI=1S/C16H15N3O/c1-11-10-16(20)19(18-11)15-8-4-13(5-9-15)12-2-6-14(17)7-3-12/h2-9H,10,17H2,1H3. The molecule has 20 heavy (non-hydrogen) atoms. The normalized spacial score (nSPS) is 14.6. The van der Waals surface area contributed by atoms with Crippen LogP contribution in [0.4, 0.5) is 11.4 Å². The van der Waals surface area contributed by atoms with Crippen LogP contribution in [0.25, 0.3) is 11.1 Å². The molecule has 0 atom stereocenters. The van der Waals surface area contributed by atoms with Gasteiger partial charge in [0.1, 0.15) is 0 Å².